The average Bonchev–Trinajstić information content (AvgIpc) is 3.32. The van der Waals surface area contributed by atoms with E-state index in [1.807, 2.05) is 30.7 Å². The molecule has 0 unspecified atom stereocenters. The topological polar surface area (TPSA) is 43.1 Å². The molecule has 0 N–H and O–H groups in total. The Labute approximate surface area is 160 Å². The van der Waals surface area contributed by atoms with Crippen LogP contribution in [0.5, 0.6) is 0 Å². The van der Waals surface area contributed by atoms with Gasteiger partial charge in [0.05, 0.1) is 28.3 Å². The number of benzene rings is 2. The lowest BCUT2D eigenvalue weighted by Gasteiger charge is -2.07. The van der Waals surface area contributed by atoms with Crippen LogP contribution in [0.15, 0.2) is 73.2 Å². The summed E-state index contributed by atoms with van der Waals surface area (Å²) < 4.78 is 2.24. The van der Waals surface area contributed by atoms with Crippen molar-refractivity contribution >= 4 is 38.5 Å². The minimum atomic E-state index is 0.941. The molecule has 0 aliphatic heterocycles. The molecule has 1 aliphatic rings. The highest BCUT2D eigenvalue weighted by Gasteiger charge is 2.24. The third kappa shape index (κ3) is 1.63. The number of rotatable bonds is 0. The zero-order chi connectivity index (χ0) is 18.2. The van der Waals surface area contributed by atoms with Gasteiger partial charge in [0.15, 0.2) is 0 Å². The first kappa shape index (κ1) is 14.3. The molecule has 28 heavy (non-hydrogen) atoms. The molecule has 4 heterocycles. The number of nitrogens with zero attached hydrogens (tertiary/aromatic N) is 4. The van der Waals surface area contributed by atoms with E-state index in [-0.39, 0.29) is 0 Å². The maximum Gasteiger partial charge on any atom is 0.148 e. The molecular weight excluding hydrogens is 344 g/mol. The highest BCUT2D eigenvalue weighted by molar-refractivity contribution is 6.13. The van der Waals surface area contributed by atoms with E-state index in [9.17, 15) is 0 Å². The Kier molecular flexibility index (Phi) is 2.51. The van der Waals surface area contributed by atoms with Crippen molar-refractivity contribution in [2.75, 3.05) is 0 Å². The number of fused-ring (bicyclic) bond motifs is 12. The fraction of sp³-hybridized carbons (Fsp3) is 0.0417. The summed E-state index contributed by atoms with van der Waals surface area (Å²) in [6.45, 7) is 0. The highest BCUT2D eigenvalue weighted by Crippen LogP contribution is 2.42. The van der Waals surface area contributed by atoms with Crippen LogP contribution in [0.3, 0.4) is 0 Å². The Hall–Kier alpha value is -3.79. The maximum absolute atomic E-state index is 5.16. The van der Waals surface area contributed by atoms with Crippen LogP contribution in [-0.4, -0.2) is 19.4 Å². The van der Waals surface area contributed by atoms with Gasteiger partial charge in [-0.3, -0.25) is 14.4 Å². The zero-order valence-corrected chi connectivity index (χ0v) is 14.9. The Bertz CT molecular complexity index is 1590. The molecule has 4 aromatic heterocycles. The van der Waals surface area contributed by atoms with Crippen molar-refractivity contribution in [3.63, 3.8) is 0 Å². The predicted molar refractivity (Wildman–Crippen MR) is 112 cm³/mol. The van der Waals surface area contributed by atoms with Gasteiger partial charge in [0.2, 0.25) is 0 Å². The number of hydrogen-bond donors (Lipinski definition) is 0. The van der Waals surface area contributed by atoms with Crippen LogP contribution in [0.1, 0.15) is 11.1 Å². The fourth-order valence-corrected chi connectivity index (χ4v) is 4.75. The van der Waals surface area contributed by atoms with E-state index in [4.69, 9.17) is 4.98 Å². The summed E-state index contributed by atoms with van der Waals surface area (Å²) in [4.78, 5) is 14.2. The van der Waals surface area contributed by atoms with Gasteiger partial charge in [-0.15, -0.1) is 0 Å². The molecule has 0 atom stereocenters. The molecular formula is C24H14N4. The summed E-state index contributed by atoms with van der Waals surface area (Å²) >= 11 is 0. The first-order chi connectivity index (χ1) is 13.9. The van der Waals surface area contributed by atoms with Gasteiger partial charge in [0.25, 0.3) is 0 Å². The van der Waals surface area contributed by atoms with Crippen LogP contribution in [-0.2, 0) is 6.42 Å². The van der Waals surface area contributed by atoms with Gasteiger partial charge in [-0.05, 0) is 47.4 Å². The second-order valence-corrected chi connectivity index (χ2v) is 7.36. The summed E-state index contributed by atoms with van der Waals surface area (Å²) in [5.74, 6) is 0. The van der Waals surface area contributed by atoms with E-state index >= 15 is 0 Å². The lowest BCUT2D eigenvalue weighted by molar-refractivity contribution is 1.25. The molecule has 1 aliphatic carbocycles. The van der Waals surface area contributed by atoms with Gasteiger partial charge in [0.1, 0.15) is 5.65 Å². The van der Waals surface area contributed by atoms with Gasteiger partial charge in [-0.25, -0.2) is 4.98 Å². The molecule has 0 spiro atoms. The van der Waals surface area contributed by atoms with Crippen LogP contribution >= 0.6 is 0 Å². The van der Waals surface area contributed by atoms with Crippen molar-refractivity contribution < 1.29 is 0 Å². The zero-order valence-electron chi connectivity index (χ0n) is 14.9. The normalized spacial score (nSPS) is 12.9. The molecule has 0 saturated carbocycles. The van der Waals surface area contributed by atoms with Crippen LogP contribution in [0.4, 0.5) is 0 Å². The standard InChI is InChI=1S/C24H14N4/c1-2-5-16-14(4-1)12-15-7-8-19-23(21(15)16)27-24-18-6-3-10-26-22(18)17-9-11-25-13-20(17)28(19)24/h1-11,13H,12H2. The molecule has 130 valence electrons. The highest BCUT2D eigenvalue weighted by atomic mass is 15.0. The lowest BCUT2D eigenvalue weighted by Crippen LogP contribution is -1.93. The Balaban J connectivity index is 1.77. The summed E-state index contributed by atoms with van der Waals surface area (Å²) in [6.07, 6.45) is 6.56. The molecule has 6 aromatic rings. The summed E-state index contributed by atoms with van der Waals surface area (Å²) in [7, 11) is 0. The number of imidazole rings is 1. The number of hydrogen-bond acceptors (Lipinski definition) is 3. The van der Waals surface area contributed by atoms with Crippen LogP contribution < -0.4 is 0 Å². The molecule has 4 nitrogen and oxygen atoms in total. The van der Waals surface area contributed by atoms with E-state index in [0.29, 0.717) is 0 Å². The van der Waals surface area contributed by atoms with Gasteiger partial charge in [0, 0.05) is 28.7 Å². The monoisotopic (exact) mass is 358 g/mol. The van der Waals surface area contributed by atoms with Crippen molar-refractivity contribution in [2.45, 2.75) is 6.42 Å². The molecule has 0 amide bonds. The Morgan fingerprint density at radius 1 is 0.750 bits per heavy atom. The van der Waals surface area contributed by atoms with E-state index in [1.165, 1.54) is 22.3 Å². The third-order valence-electron chi connectivity index (χ3n) is 5.93. The predicted octanol–water partition coefficient (Wildman–Crippen LogP) is 5.16. The van der Waals surface area contributed by atoms with Crippen molar-refractivity contribution in [3.05, 3.63) is 84.3 Å². The first-order valence-electron chi connectivity index (χ1n) is 9.43. The minimum Gasteiger partial charge on any atom is -0.290 e. The van der Waals surface area contributed by atoms with E-state index in [1.54, 1.807) is 0 Å². The second kappa shape index (κ2) is 4.93. The summed E-state index contributed by atoms with van der Waals surface area (Å²) in [5, 5.41) is 2.16. The quantitative estimate of drug-likeness (QED) is 0.352. The number of pyridine rings is 3. The van der Waals surface area contributed by atoms with Gasteiger partial charge in [-0.1, -0.05) is 30.3 Å². The molecule has 2 aromatic carbocycles. The van der Waals surface area contributed by atoms with Gasteiger partial charge >= 0.3 is 0 Å². The van der Waals surface area contributed by atoms with Crippen LogP contribution in [0.2, 0.25) is 0 Å². The van der Waals surface area contributed by atoms with Crippen molar-refractivity contribution in [1.29, 1.82) is 0 Å². The maximum atomic E-state index is 5.16. The van der Waals surface area contributed by atoms with E-state index in [0.717, 1.165) is 44.9 Å². The van der Waals surface area contributed by atoms with E-state index in [2.05, 4.69) is 56.8 Å². The lowest BCUT2D eigenvalue weighted by atomic mass is 10.0. The third-order valence-corrected chi connectivity index (χ3v) is 5.93. The van der Waals surface area contributed by atoms with Crippen LogP contribution in [0, 0.1) is 0 Å². The summed E-state index contributed by atoms with van der Waals surface area (Å²) in [5.41, 5.74) is 10.4. The SMILES string of the molecule is c1ccc2c(c1)Cc1ccc3c(nc4c5cccnc5c5ccncc5n34)c1-2. The molecule has 7 rings (SSSR count). The molecule has 0 radical (unpaired) electrons. The number of aromatic nitrogens is 4. The molecule has 0 fully saturated rings. The molecule has 0 bridgehead atoms. The second-order valence-electron chi connectivity index (χ2n) is 7.36. The largest absolute Gasteiger partial charge is 0.290 e. The van der Waals surface area contributed by atoms with Gasteiger partial charge in [-0.2, -0.15) is 0 Å². The van der Waals surface area contributed by atoms with Crippen molar-refractivity contribution in [1.82, 2.24) is 19.4 Å². The average molecular weight is 358 g/mol. The Morgan fingerprint density at radius 3 is 2.71 bits per heavy atom. The van der Waals surface area contributed by atoms with Crippen LogP contribution in [0.25, 0.3) is 49.6 Å². The Morgan fingerprint density at radius 2 is 1.71 bits per heavy atom. The van der Waals surface area contributed by atoms with Gasteiger partial charge < -0.3 is 0 Å². The van der Waals surface area contributed by atoms with Crippen molar-refractivity contribution in [3.8, 4) is 11.1 Å². The minimum absolute atomic E-state index is 0.941. The van der Waals surface area contributed by atoms with E-state index < -0.39 is 0 Å². The summed E-state index contributed by atoms with van der Waals surface area (Å²) in [6, 6.07) is 19.2. The fourth-order valence-electron chi connectivity index (χ4n) is 4.75. The molecule has 4 heteroatoms. The molecule has 0 saturated heterocycles. The van der Waals surface area contributed by atoms with Crippen molar-refractivity contribution in [2.24, 2.45) is 0 Å². The first-order valence-corrected chi connectivity index (χ1v) is 9.43. The smallest absolute Gasteiger partial charge is 0.148 e.